The topological polar surface area (TPSA) is 105 Å². The predicted molar refractivity (Wildman–Crippen MR) is 169 cm³/mol. The average molecular weight is 687 g/mol. The van der Waals surface area contributed by atoms with Gasteiger partial charge >= 0.3 is 6.09 Å². The summed E-state index contributed by atoms with van der Waals surface area (Å²) in [6, 6.07) is 14.0. The molecular weight excluding hydrogens is 661 g/mol. The maximum absolute atomic E-state index is 12.9. The SMILES string of the molecule is Cc1nc2c(OCc3c(Cl)ccc(N(C)C(=O)CNC(=O)/C=C/c4ccc(N5CCOC5=O)cc4)c3Cl)cccn2c1Br. The Bertz CT molecular complexity index is 1740. The molecule has 5 rings (SSSR count). The summed E-state index contributed by atoms with van der Waals surface area (Å²) in [6.45, 7) is 2.53. The Morgan fingerprint density at radius 3 is 2.67 bits per heavy atom. The van der Waals surface area contributed by atoms with Crippen LogP contribution in [-0.2, 0) is 20.9 Å². The highest BCUT2D eigenvalue weighted by Gasteiger charge is 2.23. The number of halogens is 3. The number of anilines is 2. The molecule has 4 aromatic rings. The zero-order chi connectivity index (χ0) is 30.7. The van der Waals surface area contributed by atoms with Crippen molar-refractivity contribution >= 4 is 80.1 Å². The lowest BCUT2D eigenvalue weighted by molar-refractivity contribution is -0.122. The lowest BCUT2D eigenvalue weighted by atomic mass is 10.2. The van der Waals surface area contributed by atoms with Crippen molar-refractivity contribution in [2.45, 2.75) is 13.5 Å². The van der Waals surface area contributed by atoms with E-state index < -0.39 is 5.91 Å². The number of ether oxygens (including phenoxy) is 2. The molecule has 0 saturated carbocycles. The van der Waals surface area contributed by atoms with Crippen molar-refractivity contribution in [2.75, 3.05) is 36.5 Å². The first-order valence-corrected chi connectivity index (χ1v) is 14.7. The summed E-state index contributed by atoms with van der Waals surface area (Å²) in [5.74, 6) is -0.288. The Labute approximate surface area is 265 Å². The fraction of sp³-hybridized carbons (Fsp3) is 0.200. The normalized spacial score (nSPS) is 13.0. The van der Waals surface area contributed by atoms with Crippen LogP contribution in [0.25, 0.3) is 11.7 Å². The minimum absolute atomic E-state index is 0.0430. The summed E-state index contributed by atoms with van der Waals surface area (Å²) in [6.07, 6.45) is 4.43. The van der Waals surface area contributed by atoms with Crippen LogP contribution >= 0.6 is 39.1 Å². The van der Waals surface area contributed by atoms with E-state index in [2.05, 4.69) is 26.2 Å². The maximum atomic E-state index is 12.9. The van der Waals surface area contributed by atoms with Crippen LogP contribution in [0.4, 0.5) is 16.2 Å². The van der Waals surface area contributed by atoms with E-state index in [0.717, 1.165) is 15.9 Å². The molecule has 222 valence electrons. The number of likely N-dealkylation sites (N-methyl/N-ethyl adjacent to an activating group) is 1. The second kappa shape index (κ2) is 13.1. The second-order valence-corrected chi connectivity index (χ2v) is 11.1. The molecule has 1 aliphatic rings. The highest BCUT2D eigenvalue weighted by molar-refractivity contribution is 9.10. The average Bonchev–Trinajstić information content (AvgIpc) is 3.56. The molecule has 3 heterocycles. The van der Waals surface area contributed by atoms with Crippen LogP contribution in [0.1, 0.15) is 16.8 Å². The van der Waals surface area contributed by atoms with Gasteiger partial charge in [0, 0.05) is 35.6 Å². The first-order valence-electron chi connectivity index (χ1n) is 13.1. The fourth-order valence-electron chi connectivity index (χ4n) is 4.41. The van der Waals surface area contributed by atoms with E-state index in [1.165, 1.54) is 15.9 Å². The molecule has 2 aromatic carbocycles. The van der Waals surface area contributed by atoms with Crippen molar-refractivity contribution in [3.63, 3.8) is 0 Å². The number of aromatic nitrogens is 2. The van der Waals surface area contributed by atoms with Crippen LogP contribution < -0.4 is 19.9 Å². The van der Waals surface area contributed by atoms with Crippen LogP contribution in [0, 0.1) is 6.92 Å². The molecule has 1 N–H and O–H groups in total. The Balaban J connectivity index is 1.19. The van der Waals surface area contributed by atoms with E-state index in [4.69, 9.17) is 32.7 Å². The van der Waals surface area contributed by atoms with Gasteiger partial charge in [-0.05, 0) is 70.9 Å². The van der Waals surface area contributed by atoms with Crippen LogP contribution in [0.2, 0.25) is 10.0 Å². The van der Waals surface area contributed by atoms with Gasteiger partial charge in [-0.3, -0.25) is 18.9 Å². The number of amides is 3. The third-order valence-corrected chi connectivity index (χ3v) is 8.53. The molecule has 0 aliphatic carbocycles. The largest absolute Gasteiger partial charge is 0.485 e. The number of nitrogens with zero attached hydrogens (tertiary/aromatic N) is 4. The third-order valence-electron chi connectivity index (χ3n) is 6.79. The molecule has 0 unspecified atom stereocenters. The summed E-state index contributed by atoms with van der Waals surface area (Å²) < 4.78 is 13.7. The van der Waals surface area contributed by atoms with Gasteiger partial charge in [-0.2, -0.15) is 0 Å². The van der Waals surface area contributed by atoms with Crippen molar-refractivity contribution in [1.82, 2.24) is 14.7 Å². The summed E-state index contributed by atoms with van der Waals surface area (Å²) in [7, 11) is 1.56. The molecule has 0 bridgehead atoms. The highest BCUT2D eigenvalue weighted by Crippen LogP contribution is 2.35. The second-order valence-electron chi connectivity index (χ2n) is 9.56. The fourth-order valence-corrected chi connectivity index (χ4v) is 5.39. The van der Waals surface area contributed by atoms with E-state index in [0.29, 0.717) is 46.5 Å². The molecule has 1 aliphatic heterocycles. The zero-order valence-corrected chi connectivity index (χ0v) is 26.2. The molecule has 1 saturated heterocycles. The smallest absolute Gasteiger partial charge is 0.414 e. The standard InChI is InChI=1S/C30H26BrCl2N5O5/c1-18-28(31)38-13-3-4-24(29(38)35-18)43-17-21-22(32)10-11-23(27(21)33)36(2)26(40)16-34-25(39)12-7-19-5-8-20(9-6-19)37-14-15-42-30(37)41/h3-13H,14-17H2,1-2H3,(H,34,39)/b12-7+. The van der Waals surface area contributed by atoms with Crippen molar-refractivity contribution in [2.24, 2.45) is 0 Å². The lowest BCUT2D eigenvalue weighted by Gasteiger charge is -2.21. The van der Waals surface area contributed by atoms with Gasteiger partial charge in [0.1, 0.15) is 17.8 Å². The molecule has 2 aromatic heterocycles. The third kappa shape index (κ3) is 6.64. The van der Waals surface area contributed by atoms with Crippen LogP contribution in [-0.4, -0.2) is 54.0 Å². The molecular formula is C30H26BrCl2N5O5. The number of hydrogen-bond acceptors (Lipinski definition) is 6. The molecule has 0 radical (unpaired) electrons. The number of benzene rings is 2. The Morgan fingerprint density at radius 1 is 1.19 bits per heavy atom. The monoisotopic (exact) mass is 685 g/mol. The minimum atomic E-state index is -0.444. The van der Waals surface area contributed by atoms with Gasteiger partial charge in [0.25, 0.3) is 0 Å². The number of fused-ring (bicyclic) bond motifs is 1. The van der Waals surface area contributed by atoms with Crippen molar-refractivity contribution < 1.29 is 23.9 Å². The van der Waals surface area contributed by atoms with Crippen LogP contribution in [0.15, 0.2) is 65.4 Å². The summed E-state index contributed by atoms with van der Waals surface area (Å²) in [5.41, 5.74) is 3.84. The minimum Gasteiger partial charge on any atom is -0.485 e. The maximum Gasteiger partial charge on any atom is 0.414 e. The van der Waals surface area contributed by atoms with E-state index in [1.54, 1.807) is 55.6 Å². The predicted octanol–water partition coefficient (Wildman–Crippen LogP) is 6.04. The van der Waals surface area contributed by atoms with E-state index in [-0.39, 0.29) is 30.2 Å². The van der Waals surface area contributed by atoms with E-state index >= 15 is 0 Å². The number of carbonyl (C=O) groups excluding carboxylic acids is 3. The first kappa shape index (κ1) is 30.4. The van der Waals surface area contributed by atoms with E-state index in [1.807, 2.05) is 23.6 Å². The molecule has 13 heteroatoms. The van der Waals surface area contributed by atoms with Crippen molar-refractivity contribution in [3.05, 3.63) is 92.3 Å². The Hall–Kier alpha value is -4.06. The number of nitrogens with one attached hydrogen (secondary N) is 1. The van der Waals surface area contributed by atoms with Gasteiger partial charge in [0.2, 0.25) is 11.8 Å². The van der Waals surface area contributed by atoms with Gasteiger partial charge in [0.15, 0.2) is 11.4 Å². The number of cyclic esters (lactones) is 1. The van der Waals surface area contributed by atoms with Gasteiger partial charge in [-0.25, -0.2) is 9.78 Å². The Morgan fingerprint density at radius 2 is 1.95 bits per heavy atom. The van der Waals surface area contributed by atoms with Crippen molar-refractivity contribution in [1.29, 1.82) is 0 Å². The molecule has 0 atom stereocenters. The number of aryl methyl sites for hydroxylation is 1. The first-order chi connectivity index (χ1) is 20.6. The van der Waals surface area contributed by atoms with Gasteiger partial charge in [-0.15, -0.1) is 0 Å². The summed E-state index contributed by atoms with van der Waals surface area (Å²) in [5, 5.41) is 3.23. The molecule has 43 heavy (non-hydrogen) atoms. The van der Waals surface area contributed by atoms with Gasteiger partial charge in [0.05, 0.1) is 29.5 Å². The molecule has 0 spiro atoms. The number of pyridine rings is 1. The number of rotatable bonds is 9. The Kier molecular flexibility index (Phi) is 9.24. The molecule has 3 amide bonds. The van der Waals surface area contributed by atoms with Gasteiger partial charge in [-0.1, -0.05) is 35.3 Å². The number of hydrogen-bond donors (Lipinski definition) is 1. The van der Waals surface area contributed by atoms with Gasteiger partial charge < -0.3 is 19.7 Å². The van der Waals surface area contributed by atoms with E-state index in [9.17, 15) is 14.4 Å². The van der Waals surface area contributed by atoms with Crippen LogP contribution in [0.5, 0.6) is 5.75 Å². The summed E-state index contributed by atoms with van der Waals surface area (Å²) in [4.78, 5) is 44.5. The quantitative estimate of drug-likeness (QED) is 0.215. The molecule has 10 nitrogen and oxygen atoms in total. The summed E-state index contributed by atoms with van der Waals surface area (Å²) >= 11 is 16.7. The zero-order valence-electron chi connectivity index (χ0n) is 23.1. The number of imidazole rings is 1. The lowest BCUT2D eigenvalue weighted by Crippen LogP contribution is -2.37. The highest BCUT2D eigenvalue weighted by atomic mass is 79.9. The van der Waals surface area contributed by atoms with Crippen molar-refractivity contribution in [3.8, 4) is 5.75 Å². The van der Waals surface area contributed by atoms with Crippen LogP contribution in [0.3, 0.4) is 0 Å². The molecule has 1 fully saturated rings. The number of carbonyl (C=O) groups is 3.